The summed E-state index contributed by atoms with van der Waals surface area (Å²) in [7, 11) is 0. The molecule has 2 rings (SSSR count). The SMILES string of the molecule is N#Cc1ccc(Nc2cc(Br)ccc2F)nc1. The van der Waals surface area contributed by atoms with E-state index in [-0.39, 0.29) is 5.82 Å². The molecule has 1 aromatic heterocycles. The maximum absolute atomic E-state index is 13.4. The summed E-state index contributed by atoms with van der Waals surface area (Å²) in [5.74, 6) is 0.125. The third kappa shape index (κ3) is 2.80. The molecule has 0 aliphatic carbocycles. The Kier molecular flexibility index (Phi) is 3.35. The minimum atomic E-state index is -0.362. The van der Waals surface area contributed by atoms with Gasteiger partial charge in [0.1, 0.15) is 17.7 Å². The van der Waals surface area contributed by atoms with Crippen molar-refractivity contribution < 1.29 is 4.39 Å². The van der Waals surface area contributed by atoms with Gasteiger partial charge in [0.05, 0.1) is 11.3 Å². The van der Waals surface area contributed by atoms with Crippen LogP contribution in [0.25, 0.3) is 0 Å². The van der Waals surface area contributed by atoms with Gasteiger partial charge in [0.25, 0.3) is 0 Å². The molecular formula is C12H7BrFN3. The Balaban J connectivity index is 2.25. The fraction of sp³-hybridized carbons (Fsp3) is 0. The average Bonchev–Trinajstić information content (AvgIpc) is 2.35. The number of anilines is 2. The molecule has 2 aromatic rings. The number of aromatic nitrogens is 1. The summed E-state index contributed by atoms with van der Waals surface area (Å²) in [4.78, 5) is 4.00. The van der Waals surface area contributed by atoms with Gasteiger partial charge < -0.3 is 5.32 Å². The molecule has 0 atom stereocenters. The van der Waals surface area contributed by atoms with Crippen LogP contribution in [-0.2, 0) is 0 Å². The van der Waals surface area contributed by atoms with Gasteiger partial charge in [-0.1, -0.05) is 15.9 Å². The number of nitrogens with one attached hydrogen (secondary N) is 1. The van der Waals surface area contributed by atoms with Crippen molar-refractivity contribution in [3.8, 4) is 6.07 Å². The van der Waals surface area contributed by atoms with Crippen molar-refractivity contribution in [2.24, 2.45) is 0 Å². The lowest BCUT2D eigenvalue weighted by Crippen LogP contribution is -1.96. The van der Waals surface area contributed by atoms with Gasteiger partial charge in [0.15, 0.2) is 0 Å². The molecule has 84 valence electrons. The highest BCUT2D eigenvalue weighted by atomic mass is 79.9. The Morgan fingerprint density at radius 1 is 1.29 bits per heavy atom. The number of hydrogen-bond acceptors (Lipinski definition) is 3. The zero-order chi connectivity index (χ0) is 12.3. The topological polar surface area (TPSA) is 48.7 Å². The second-order valence-corrected chi connectivity index (χ2v) is 4.21. The predicted octanol–water partition coefficient (Wildman–Crippen LogP) is 3.60. The lowest BCUT2D eigenvalue weighted by molar-refractivity contribution is 0.631. The first-order valence-electron chi connectivity index (χ1n) is 4.77. The number of benzene rings is 1. The second kappa shape index (κ2) is 4.93. The van der Waals surface area contributed by atoms with E-state index in [0.717, 1.165) is 4.47 Å². The Bertz CT molecular complexity index is 575. The minimum absolute atomic E-state index is 0.330. The van der Waals surface area contributed by atoms with Gasteiger partial charge >= 0.3 is 0 Å². The third-order valence-corrected chi connectivity index (χ3v) is 2.58. The fourth-order valence-electron chi connectivity index (χ4n) is 1.27. The van der Waals surface area contributed by atoms with Crippen molar-refractivity contribution in [2.45, 2.75) is 0 Å². The van der Waals surface area contributed by atoms with E-state index in [9.17, 15) is 4.39 Å². The van der Waals surface area contributed by atoms with Crippen molar-refractivity contribution in [3.63, 3.8) is 0 Å². The molecule has 0 aliphatic rings. The third-order valence-electron chi connectivity index (χ3n) is 2.08. The predicted molar refractivity (Wildman–Crippen MR) is 66.3 cm³/mol. The minimum Gasteiger partial charge on any atom is -0.338 e. The van der Waals surface area contributed by atoms with E-state index < -0.39 is 0 Å². The van der Waals surface area contributed by atoms with Crippen LogP contribution in [-0.4, -0.2) is 4.98 Å². The number of pyridine rings is 1. The van der Waals surface area contributed by atoms with Crippen LogP contribution in [0.1, 0.15) is 5.56 Å². The number of nitrogens with zero attached hydrogens (tertiary/aromatic N) is 2. The molecule has 0 aliphatic heterocycles. The van der Waals surface area contributed by atoms with Crippen LogP contribution in [0.5, 0.6) is 0 Å². The smallest absolute Gasteiger partial charge is 0.146 e. The lowest BCUT2D eigenvalue weighted by atomic mass is 10.3. The van der Waals surface area contributed by atoms with Gasteiger partial charge in [-0.2, -0.15) is 5.26 Å². The maximum Gasteiger partial charge on any atom is 0.146 e. The molecule has 1 aromatic carbocycles. The molecule has 5 heteroatoms. The molecule has 17 heavy (non-hydrogen) atoms. The van der Waals surface area contributed by atoms with Crippen molar-refractivity contribution in [1.82, 2.24) is 4.98 Å². The van der Waals surface area contributed by atoms with Crippen molar-refractivity contribution in [3.05, 3.63) is 52.4 Å². The second-order valence-electron chi connectivity index (χ2n) is 3.29. The van der Waals surface area contributed by atoms with Gasteiger partial charge in [-0.25, -0.2) is 9.37 Å². The zero-order valence-corrected chi connectivity index (χ0v) is 10.2. The van der Waals surface area contributed by atoms with Crippen LogP contribution in [0.2, 0.25) is 0 Å². The number of halogens is 2. The first-order chi connectivity index (χ1) is 8.19. The molecule has 1 N–H and O–H groups in total. The van der Waals surface area contributed by atoms with E-state index >= 15 is 0 Å². The molecule has 0 radical (unpaired) electrons. The summed E-state index contributed by atoms with van der Waals surface area (Å²) < 4.78 is 14.2. The molecule has 0 unspecified atom stereocenters. The zero-order valence-electron chi connectivity index (χ0n) is 8.61. The number of rotatable bonds is 2. The fourth-order valence-corrected chi connectivity index (χ4v) is 1.63. The molecule has 0 saturated heterocycles. The van der Waals surface area contributed by atoms with E-state index in [1.165, 1.54) is 12.3 Å². The van der Waals surface area contributed by atoms with Crippen LogP contribution < -0.4 is 5.32 Å². The van der Waals surface area contributed by atoms with E-state index in [1.807, 2.05) is 6.07 Å². The largest absolute Gasteiger partial charge is 0.338 e. The molecule has 0 spiro atoms. The van der Waals surface area contributed by atoms with E-state index in [0.29, 0.717) is 17.1 Å². The highest BCUT2D eigenvalue weighted by Crippen LogP contribution is 2.22. The molecule has 3 nitrogen and oxygen atoms in total. The number of nitriles is 1. The van der Waals surface area contributed by atoms with Crippen LogP contribution >= 0.6 is 15.9 Å². The summed E-state index contributed by atoms with van der Waals surface area (Å²) in [6.45, 7) is 0. The van der Waals surface area contributed by atoms with Crippen LogP contribution in [0.4, 0.5) is 15.9 Å². The van der Waals surface area contributed by atoms with Crippen LogP contribution in [0.15, 0.2) is 41.0 Å². The van der Waals surface area contributed by atoms with Crippen molar-refractivity contribution >= 4 is 27.4 Å². The van der Waals surface area contributed by atoms with Gasteiger partial charge in [-0.3, -0.25) is 0 Å². The maximum atomic E-state index is 13.4. The summed E-state index contributed by atoms with van der Waals surface area (Å²) in [5.41, 5.74) is 0.793. The van der Waals surface area contributed by atoms with Gasteiger partial charge in [-0.15, -0.1) is 0 Å². The standard InChI is InChI=1S/C12H7BrFN3/c13-9-2-3-10(14)11(5-9)17-12-4-1-8(6-15)7-16-12/h1-5,7H,(H,16,17). The van der Waals surface area contributed by atoms with Crippen molar-refractivity contribution in [2.75, 3.05) is 5.32 Å². The Labute approximate surface area is 106 Å². The summed E-state index contributed by atoms with van der Waals surface area (Å²) in [5, 5.41) is 11.5. The molecule has 0 bridgehead atoms. The van der Waals surface area contributed by atoms with Crippen molar-refractivity contribution in [1.29, 1.82) is 5.26 Å². The highest BCUT2D eigenvalue weighted by Gasteiger charge is 2.03. The lowest BCUT2D eigenvalue weighted by Gasteiger charge is -2.06. The van der Waals surface area contributed by atoms with E-state index in [2.05, 4.69) is 26.2 Å². The van der Waals surface area contributed by atoms with Crippen LogP contribution in [0, 0.1) is 17.1 Å². The van der Waals surface area contributed by atoms with Gasteiger partial charge in [-0.05, 0) is 30.3 Å². The first-order valence-corrected chi connectivity index (χ1v) is 5.56. The van der Waals surface area contributed by atoms with E-state index in [1.54, 1.807) is 24.3 Å². The monoisotopic (exact) mass is 291 g/mol. The first kappa shape index (κ1) is 11.6. The van der Waals surface area contributed by atoms with E-state index in [4.69, 9.17) is 5.26 Å². The molecular weight excluding hydrogens is 285 g/mol. The quantitative estimate of drug-likeness (QED) is 0.920. The molecule has 1 heterocycles. The normalized spacial score (nSPS) is 9.71. The summed E-state index contributed by atoms with van der Waals surface area (Å²) in [6, 6.07) is 9.80. The molecule has 0 amide bonds. The summed E-state index contributed by atoms with van der Waals surface area (Å²) in [6.07, 6.45) is 1.43. The molecule has 0 saturated carbocycles. The number of hydrogen-bond donors (Lipinski definition) is 1. The molecule has 0 fully saturated rings. The van der Waals surface area contributed by atoms with Crippen LogP contribution in [0.3, 0.4) is 0 Å². The Morgan fingerprint density at radius 3 is 2.76 bits per heavy atom. The van der Waals surface area contributed by atoms with Gasteiger partial charge in [0.2, 0.25) is 0 Å². The Morgan fingerprint density at radius 2 is 2.12 bits per heavy atom. The average molecular weight is 292 g/mol. The highest BCUT2D eigenvalue weighted by molar-refractivity contribution is 9.10. The Hall–Kier alpha value is -1.93. The summed E-state index contributed by atoms with van der Waals surface area (Å²) >= 11 is 3.26. The van der Waals surface area contributed by atoms with Gasteiger partial charge in [0, 0.05) is 10.7 Å².